The Balaban J connectivity index is 0.00000300. The monoisotopic (exact) mass is 528 g/mol. The standard InChI is InChI=1S/C22H32N4OS.HI/c1-18(14-21-8-5-13-28-21)15-24-22(23-2)25-16-19-6-3-4-7-20(19)17-26-9-11-27-12-10-26;/h3-8,13,18H,9-12,14-17H2,1-2H3,(H2,23,24,25);1H. The number of hydrogen-bond donors (Lipinski definition) is 2. The first-order chi connectivity index (χ1) is 13.7. The number of guanidine groups is 1. The lowest BCUT2D eigenvalue weighted by molar-refractivity contribution is 0.0341. The largest absolute Gasteiger partial charge is 0.379 e. The molecular weight excluding hydrogens is 495 g/mol. The number of benzene rings is 1. The quantitative estimate of drug-likeness (QED) is 0.312. The zero-order chi connectivity index (χ0) is 19.6. The maximum Gasteiger partial charge on any atom is 0.191 e. The molecule has 0 bridgehead atoms. The van der Waals surface area contributed by atoms with Crippen LogP contribution in [0.15, 0.2) is 46.8 Å². The van der Waals surface area contributed by atoms with Crippen LogP contribution in [-0.2, 0) is 24.2 Å². The molecule has 5 nitrogen and oxygen atoms in total. The number of morpholine rings is 1. The Labute approximate surface area is 196 Å². The molecular formula is C22H33IN4OS. The minimum absolute atomic E-state index is 0. The Hall–Kier alpha value is -1.16. The molecule has 1 aliphatic rings. The number of rotatable bonds is 8. The van der Waals surface area contributed by atoms with Crippen LogP contribution in [0.1, 0.15) is 22.9 Å². The Morgan fingerprint density at radius 1 is 1.14 bits per heavy atom. The molecule has 2 aromatic rings. The van der Waals surface area contributed by atoms with Crippen molar-refractivity contribution in [1.29, 1.82) is 0 Å². The average Bonchev–Trinajstić information content (AvgIpc) is 3.23. The van der Waals surface area contributed by atoms with Crippen LogP contribution in [0.5, 0.6) is 0 Å². The highest BCUT2D eigenvalue weighted by atomic mass is 127. The van der Waals surface area contributed by atoms with Gasteiger partial charge in [0.05, 0.1) is 13.2 Å². The molecule has 0 amide bonds. The van der Waals surface area contributed by atoms with Gasteiger partial charge in [0.25, 0.3) is 0 Å². The van der Waals surface area contributed by atoms with E-state index in [-0.39, 0.29) is 24.0 Å². The highest BCUT2D eigenvalue weighted by Gasteiger charge is 2.13. The summed E-state index contributed by atoms with van der Waals surface area (Å²) in [5, 5.41) is 9.09. The van der Waals surface area contributed by atoms with Gasteiger partial charge in [-0.15, -0.1) is 35.3 Å². The molecule has 0 aliphatic carbocycles. The van der Waals surface area contributed by atoms with Gasteiger partial charge in [0.15, 0.2) is 5.96 Å². The third-order valence-corrected chi connectivity index (χ3v) is 5.93. The summed E-state index contributed by atoms with van der Waals surface area (Å²) >= 11 is 1.83. The zero-order valence-corrected chi connectivity index (χ0v) is 20.5. The Morgan fingerprint density at radius 2 is 1.90 bits per heavy atom. The van der Waals surface area contributed by atoms with Gasteiger partial charge in [-0.3, -0.25) is 9.89 Å². The summed E-state index contributed by atoms with van der Waals surface area (Å²) < 4.78 is 5.46. The number of halogens is 1. The molecule has 7 heteroatoms. The maximum absolute atomic E-state index is 5.46. The molecule has 1 saturated heterocycles. The van der Waals surface area contributed by atoms with Crippen LogP contribution in [0.3, 0.4) is 0 Å². The second-order valence-corrected chi connectivity index (χ2v) is 8.38. The van der Waals surface area contributed by atoms with Crippen molar-refractivity contribution in [3.63, 3.8) is 0 Å². The summed E-state index contributed by atoms with van der Waals surface area (Å²) in [6.07, 6.45) is 1.10. The first-order valence-corrected chi connectivity index (χ1v) is 11.0. The second-order valence-electron chi connectivity index (χ2n) is 7.35. The molecule has 3 rings (SSSR count). The minimum atomic E-state index is 0. The summed E-state index contributed by atoms with van der Waals surface area (Å²) in [6, 6.07) is 13.0. The predicted octanol–water partition coefficient (Wildman–Crippen LogP) is 3.74. The number of nitrogens with zero attached hydrogens (tertiary/aromatic N) is 2. The fourth-order valence-corrected chi connectivity index (χ4v) is 4.27. The number of thiophene rings is 1. The number of nitrogens with one attached hydrogen (secondary N) is 2. The van der Waals surface area contributed by atoms with E-state index in [4.69, 9.17) is 4.74 Å². The Kier molecular flexibility index (Phi) is 11.0. The molecule has 0 saturated carbocycles. The molecule has 1 aromatic carbocycles. The highest BCUT2D eigenvalue weighted by molar-refractivity contribution is 14.0. The fourth-order valence-electron chi connectivity index (χ4n) is 3.40. The molecule has 1 unspecified atom stereocenters. The molecule has 1 aliphatic heterocycles. The van der Waals surface area contributed by atoms with Crippen LogP contribution in [0.4, 0.5) is 0 Å². The van der Waals surface area contributed by atoms with Crippen LogP contribution in [0, 0.1) is 5.92 Å². The topological polar surface area (TPSA) is 48.9 Å². The van der Waals surface area contributed by atoms with E-state index < -0.39 is 0 Å². The van der Waals surface area contributed by atoms with Gasteiger partial charge in [-0.2, -0.15) is 0 Å². The van der Waals surface area contributed by atoms with Crippen LogP contribution in [0.25, 0.3) is 0 Å². The molecule has 0 spiro atoms. The van der Waals surface area contributed by atoms with E-state index in [2.05, 4.69) is 69.2 Å². The van der Waals surface area contributed by atoms with Gasteiger partial charge in [-0.25, -0.2) is 0 Å². The van der Waals surface area contributed by atoms with Crippen LogP contribution in [0.2, 0.25) is 0 Å². The number of ether oxygens (including phenoxy) is 1. The first-order valence-electron chi connectivity index (χ1n) is 10.1. The molecule has 160 valence electrons. The van der Waals surface area contributed by atoms with Crippen molar-refractivity contribution in [1.82, 2.24) is 15.5 Å². The van der Waals surface area contributed by atoms with E-state index in [0.29, 0.717) is 5.92 Å². The molecule has 29 heavy (non-hydrogen) atoms. The normalized spacial score (nSPS) is 16.1. The van der Waals surface area contributed by atoms with Gasteiger partial charge < -0.3 is 15.4 Å². The lowest BCUT2D eigenvalue weighted by Crippen LogP contribution is -2.39. The van der Waals surface area contributed by atoms with Gasteiger partial charge in [0, 0.05) is 44.6 Å². The van der Waals surface area contributed by atoms with Crippen molar-refractivity contribution >= 4 is 41.3 Å². The zero-order valence-electron chi connectivity index (χ0n) is 17.4. The highest BCUT2D eigenvalue weighted by Crippen LogP contribution is 2.14. The van der Waals surface area contributed by atoms with E-state index >= 15 is 0 Å². The molecule has 0 radical (unpaired) electrons. The first kappa shape index (κ1) is 24.1. The van der Waals surface area contributed by atoms with Crippen molar-refractivity contribution in [2.45, 2.75) is 26.4 Å². The predicted molar refractivity (Wildman–Crippen MR) is 133 cm³/mol. The minimum Gasteiger partial charge on any atom is -0.379 e. The van der Waals surface area contributed by atoms with Crippen LogP contribution in [-0.4, -0.2) is 50.8 Å². The molecule has 1 atom stereocenters. The van der Waals surface area contributed by atoms with Gasteiger partial charge in [0.2, 0.25) is 0 Å². The molecule has 1 aromatic heterocycles. The van der Waals surface area contributed by atoms with E-state index in [9.17, 15) is 0 Å². The van der Waals surface area contributed by atoms with Crippen molar-refractivity contribution in [3.8, 4) is 0 Å². The van der Waals surface area contributed by atoms with Crippen molar-refractivity contribution in [2.75, 3.05) is 39.9 Å². The summed E-state index contributed by atoms with van der Waals surface area (Å²) in [7, 11) is 1.83. The molecule has 2 N–H and O–H groups in total. The third-order valence-electron chi connectivity index (χ3n) is 5.03. The van der Waals surface area contributed by atoms with Gasteiger partial charge in [0.1, 0.15) is 0 Å². The van der Waals surface area contributed by atoms with Crippen molar-refractivity contribution < 1.29 is 4.74 Å². The second kappa shape index (κ2) is 13.2. The Bertz CT molecular complexity index is 732. The van der Waals surface area contributed by atoms with Gasteiger partial charge >= 0.3 is 0 Å². The van der Waals surface area contributed by atoms with Crippen LogP contribution < -0.4 is 10.6 Å². The van der Waals surface area contributed by atoms with Gasteiger partial charge in [-0.05, 0) is 34.9 Å². The summed E-state index contributed by atoms with van der Waals surface area (Å²) in [5.41, 5.74) is 2.70. The van der Waals surface area contributed by atoms with E-state index in [1.807, 2.05) is 18.4 Å². The Morgan fingerprint density at radius 3 is 2.59 bits per heavy atom. The molecule has 1 fully saturated rings. The summed E-state index contributed by atoms with van der Waals surface area (Å²) in [5.74, 6) is 1.42. The van der Waals surface area contributed by atoms with Crippen molar-refractivity contribution in [2.24, 2.45) is 10.9 Å². The fraction of sp³-hybridized carbons (Fsp3) is 0.500. The number of aliphatic imine (C=N–C) groups is 1. The third kappa shape index (κ3) is 8.24. The van der Waals surface area contributed by atoms with Crippen LogP contribution >= 0.6 is 35.3 Å². The lowest BCUT2D eigenvalue weighted by atomic mass is 10.1. The molecule has 2 heterocycles. The number of hydrogen-bond acceptors (Lipinski definition) is 4. The smallest absolute Gasteiger partial charge is 0.191 e. The van der Waals surface area contributed by atoms with Crippen molar-refractivity contribution in [3.05, 3.63) is 57.8 Å². The average molecular weight is 529 g/mol. The lowest BCUT2D eigenvalue weighted by Gasteiger charge is -2.27. The summed E-state index contributed by atoms with van der Waals surface area (Å²) in [6.45, 7) is 8.62. The van der Waals surface area contributed by atoms with E-state index in [1.165, 1.54) is 16.0 Å². The SMILES string of the molecule is CN=C(NCc1ccccc1CN1CCOCC1)NCC(C)Cc1cccs1.I. The van der Waals surface area contributed by atoms with Gasteiger partial charge in [-0.1, -0.05) is 37.3 Å². The van der Waals surface area contributed by atoms with E-state index in [1.54, 1.807) is 0 Å². The maximum atomic E-state index is 5.46. The summed E-state index contributed by atoms with van der Waals surface area (Å²) in [4.78, 5) is 8.29. The van der Waals surface area contributed by atoms with E-state index in [0.717, 1.165) is 58.3 Å².